The molecule has 4 heterocycles. The van der Waals surface area contributed by atoms with Crippen LogP contribution in [0.5, 0.6) is 0 Å². The van der Waals surface area contributed by atoms with Crippen molar-refractivity contribution in [3.63, 3.8) is 0 Å². The summed E-state index contributed by atoms with van der Waals surface area (Å²) in [6.07, 6.45) is 1.46. The van der Waals surface area contributed by atoms with E-state index in [0.29, 0.717) is 37.3 Å². The van der Waals surface area contributed by atoms with Crippen LogP contribution in [0, 0.1) is 5.82 Å². The van der Waals surface area contributed by atoms with E-state index in [0.717, 1.165) is 11.6 Å². The van der Waals surface area contributed by atoms with Gasteiger partial charge < -0.3 is 14.6 Å². The number of carbonyl (C=O) groups excluding carboxylic acids is 2. The Kier molecular flexibility index (Phi) is 7.54. The fourth-order valence-electron chi connectivity index (χ4n) is 4.97. The number of rotatable bonds is 7. The Morgan fingerprint density at radius 3 is 2.49 bits per heavy atom. The number of halogens is 3. The predicted molar refractivity (Wildman–Crippen MR) is 146 cm³/mol. The van der Waals surface area contributed by atoms with Crippen LogP contribution >= 0.6 is 0 Å². The highest BCUT2D eigenvalue weighted by molar-refractivity contribution is 5.94. The minimum absolute atomic E-state index is 0.0199. The number of alkyl halides is 2. The van der Waals surface area contributed by atoms with Crippen molar-refractivity contribution in [3.8, 4) is 11.5 Å². The van der Waals surface area contributed by atoms with Gasteiger partial charge in [0.25, 0.3) is 5.91 Å². The third kappa shape index (κ3) is 5.79. The van der Waals surface area contributed by atoms with Crippen LogP contribution in [0.1, 0.15) is 41.4 Å². The van der Waals surface area contributed by atoms with E-state index in [-0.39, 0.29) is 39.4 Å². The third-order valence-electron chi connectivity index (χ3n) is 6.96. The molecule has 1 aliphatic rings. The molecule has 6 rings (SSSR count). The molecule has 2 amide bonds. The molecule has 15 heteroatoms. The number of nitrogens with zero attached hydrogens (tertiary/aromatic N) is 8. The first-order valence-corrected chi connectivity index (χ1v) is 13.3. The van der Waals surface area contributed by atoms with Gasteiger partial charge in [-0.2, -0.15) is 8.78 Å². The highest BCUT2D eigenvalue weighted by Crippen LogP contribution is 2.30. The molecule has 0 unspecified atom stereocenters. The number of fused-ring (bicyclic) bond motifs is 1. The summed E-state index contributed by atoms with van der Waals surface area (Å²) in [5, 5.41) is 13.7. The number of nitrogens with one attached hydrogen (secondary N) is 1. The Morgan fingerprint density at radius 2 is 1.79 bits per heavy atom. The summed E-state index contributed by atoms with van der Waals surface area (Å²) in [5.41, 5.74) is 1.93. The molecule has 220 valence electrons. The van der Waals surface area contributed by atoms with Crippen LogP contribution in [0.2, 0.25) is 0 Å². The smallest absolute Gasteiger partial charge is 0.350 e. The quantitative estimate of drug-likeness (QED) is 0.299. The Morgan fingerprint density at radius 1 is 1.02 bits per heavy atom. The van der Waals surface area contributed by atoms with Crippen molar-refractivity contribution in [1.82, 2.24) is 40.0 Å². The molecule has 3 aromatic heterocycles. The molecule has 0 spiro atoms. The lowest BCUT2D eigenvalue weighted by atomic mass is 10.0. The zero-order chi connectivity index (χ0) is 30.1. The maximum absolute atomic E-state index is 14.4. The van der Waals surface area contributed by atoms with Gasteiger partial charge >= 0.3 is 6.55 Å². The zero-order valence-electron chi connectivity index (χ0n) is 22.7. The van der Waals surface area contributed by atoms with Crippen molar-refractivity contribution in [2.24, 2.45) is 0 Å². The van der Waals surface area contributed by atoms with Crippen LogP contribution < -0.4 is 5.32 Å². The Hall–Kier alpha value is -5.18. The molecule has 43 heavy (non-hydrogen) atoms. The molecular weight excluding hydrogens is 567 g/mol. The summed E-state index contributed by atoms with van der Waals surface area (Å²) in [4.78, 5) is 37.4. The summed E-state index contributed by atoms with van der Waals surface area (Å²) < 4.78 is 46.4. The third-order valence-corrected chi connectivity index (χ3v) is 6.96. The van der Waals surface area contributed by atoms with Crippen molar-refractivity contribution in [3.05, 3.63) is 83.7 Å². The van der Waals surface area contributed by atoms with Gasteiger partial charge in [0.15, 0.2) is 17.2 Å². The molecule has 12 nitrogen and oxygen atoms in total. The maximum atomic E-state index is 14.4. The van der Waals surface area contributed by atoms with E-state index >= 15 is 0 Å². The lowest BCUT2D eigenvalue weighted by Gasteiger charge is -2.38. The Balaban J connectivity index is 1.19. The molecule has 0 saturated carbocycles. The van der Waals surface area contributed by atoms with E-state index in [1.54, 1.807) is 17.0 Å². The highest BCUT2D eigenvalue weighted by atomic mass is 19.3. The molecule has 2 aromatic carbocycles. The van der Waals surface area contributed by atoms with Crippen LogP contribution in [0.25, 0.3) is 22.6 Å². The van der Waals surface area contributed by atoms with Crippen LogP contribution in [0.3, 0.4) is 0 Å². The lowest BCUT2D eigenvalue weighted by Crippen LogP contribution is -2.50. The van der Waals surface area contributed by atoms with Crippen LogP contribution in [-0.2, 0) is 4.79 Å². The number of piperazine rings is 1. The van der Waals surface area contributed by atoms with E-state index < -0.39 is 24.3 Å². The summed E-state index contributed by atoms with van der Waals surface area (Å²) in [7, 11) is 0. The molecule has 0 aliphatic carbocycles. The number of hydrogen-bond acceptors (Lipinski definition) is 9. The predicted octanol–water partition coefficient (Wildman–Crippen LogP) is 3.92. The van der Waals surface area contributed by atoms with Gasteiger partial charge in [-0.25, -0.2) is 9.37 Å². The zero-order valence-corrected chi connectivity index (χ0v) is 22.7. The van der Waals surface area contributed by atoms with Crippen molar-refractivity contribution < 1.29 is 27.2 Å². The van der Waals surface area contributed by atoms with Gasteiger partial charge in [0.1, 0.15) is 11.2 Å². The molecule has 1 saturated heterocycles. The number of tetrazole rings is 1. The molecule has 1 atom stereocenters. The topological polar surface area (TPSA) is 135 Å². The number of carbonyl (C=O) groups is 2. The van der Waals surface area contributed by atoms with Crippen LogP contribution in [0.4, 0.5) is 18.9 Å². The SMILES string of the molecule is CC(=O)Nc1cc2nc(-c3ccnc(C(=O)N4CCN([C@H](c5ccccc5)c5nnn(C(F)F)n5)CC4)c3)oc2cc1F. The first-order valence-electron chi connectivity index (χ1n) is 13.3. The number of amides is 2. The molecule has 0 bridgehead atoms. The van der Waals surface area contributed by atoms with Gasteiger partial charge in [0, 0.05) is 50.9 Å². The lowest BCUT2D eigenvalue weighted by molar-refractivity contribution is -0.114. The minimum Gasteiger partial charge on any atom is -0.436 e. The summed E-state index contributed by atoms with van der Waals surface area (Å²) in [6, 6.07) is 14.4. The molecular formula is C28H24F3N9O3. The van der Waals surface area contributed by atoms with Gasteiger partial charge in [-0.3, -0.25) is 19.5 Å². The Bertz CT molecular complexity index is 1790. The second-order valence-corrected chi connectivity index (χ2v) is 9.82. The maximum Gasteiger partial charge on any atom is 0.350 e. The number of anilines is 1. The fraction of sp³-hybridized carbons (Fsp3) is 0.250. The van der Waals surface area contributed by atoms with E-state index in [9.17, 15) is 22.8 Å². The summed E-state index contributed by atoms with van der Waals surface area (Å²) in [6.45, 7) is -0.124. The van der Waals surface area contributed by atoms with Crippen LogP contribution in [0.15, 0.2) is 65.2 Å². The van der Waals surface area contributed by atoms with Gasteiger partial charge in [-0.05, 0) is 29.0 Å². The molecule has 1 N–H and O–H groups in total. The monoisotopic (exact) mass is 591 g/mol. The number of hydrogen-bond donors (Lipinski definition) is 1. The summed E-state index contributed by atoms with van der Waals surface area (Å²) in [5.74, 6) is -1.10. The first kappa shape index (κ1) is 28.0. The van der Waals surface area contributed by atoms with Gasteiger partial charge in [-0.1, -0.05) is 35.1 Å². The second-order valence-electron chi connectivity index (χ2n) is 9.82. The van der Waals surface area contributed by atoms with Crippen molar-refractivity contribution >= 4 is 28.6 Å². The number of aromatic nitrogens is 6. The number of pyridine rings is 1. The number of oxazole rings is 1. The average molecular weight is 592 g/mol. The highest BCUT2D eigenvalue weighted by Gasteiger charge is 2.32. The summed E-state index contributed by atoms with van der Waals surface area (Å²) >= 11 is 0. The largest absolute Gasteiger partial charge is 0.436 e. The Labute approximate surface area is 242 Å². The van der Waals surface area contributed by atoms with Gasteiger partial charge in [0.05, 0.1) is 11.7 Å². The normalized spacial score (nSPS) is 14.8. The van der Waals surface area contributed by atoms with E-state index in [1.165, 1.54) is 19.2 Å². The van der Waals surface area contributed by atoms with E-state index in [1.807, 2.05) is 35.2 Å². The van der Waals surface area contributed by atoms with Crippen LogP contribution in [-0.4, -0.2) is 78.0 Å². The average Bonchev–Trinajstić information content (AvgIpc) is 3.66. The molecule has 1 fully saturated rings. The van der Waals surface area contributed by atoms with Crippen molar-refractivity contribution in [1.29, 1.82) is 0 Å². The van der Waals surface area contributed by atoms with E-state index in [4.69, 9.17) is 4.42 Å². The fourth-order valence-corrected chi connectivity index (χ4v) is 4.97. The molecule has 0 radical (unpaired) electrons. The second kappa shape index (κ2) is 11.6. The molecule has 1 aliphatic heterocycles. The first-order chi connectivity index (χ1) is 20.8. The molecule has 5 aromatic rings. The minimum atomic E-state index is -2.91. The van der Waals surface area contributed by atoms with Crippen molar-refractivity contribution in [2.45, 2.75) is 19.5 Å². The van der Waals surface area contributed by atoms with Crippen molar-refractivity contribution in [2.75, 3.05) is 31.5 Å². The number of benzene rings is 2. The van der Waals surface area contributed by atoms with E-state index in [2.05, 4.69) is 30.7 Å². The van der Waals surface area contributed by atoms with Gasteiger partial charge in [-0.15, -0.1) is 10.2 Å². The van der Waals surface area contributed by atoms with Gasteiger partial charge in [0.2, 0.25) is 11.8 Å². The standard InChI is InChI=1S/C28H24F3N9O3/c1-16(41)33-20-15-21-23(14-19(20)29)43-26(34-21)18-7-8-32-22(13-18)27(42)39-11-9-38(10-12-39)24(17-5-3-2-4-6-17)25-35-37-40(36-25)28(30)31/h2-8,13-15,24,28H,9-12H2,1H3,(H,33,41)/t24-/m1/s1.